The topological polar surface area (TPSA) is 32.7 Å². The van der Waals surface area contributed by atoms with Gasteiger partial charge in [0.2, 0.25) is 0 Å². The Kier molecular flexibility index (Phi) is 6.73. The van der Waals surface area contributed by atoms with Crippen molar-refractivity contribution in [2.45, 2.75) is 12.5 Å². The van der Waals surface area contributed by atoms with Gasteiger partial charge in [0.05, 0.1) is 12.7 Å². The minimum absolute atomic E-state index is 0.395. The molecule has 0 aliphatic carbocycles. The minimum atomic E-state index is -0.395. The maximum atomic E-state index is 10.0. The fourth-order valence-electron chi connectivity index (χ4n) is 1.55. The second-order valence-corrected chi connectivity index (χ2v) is 5.07. The molecule has 1 atom stereocenters. The molecule has 0 radical (unpaired) electrons. The third-order valence-electron chi connectivity index (χ3n) is 2.72. The minimum Gasteiger partial charge on any atom is -0.388 e. The molecule has 17 heavy (non-hydrogen) atoms. The van der Waals surface area contributed by atoms with Crippen molar-refractivity contribution in [2.24, 2.45) is 0 Å². The van der Waals surface area contributed by atoms with Gasteiger partial charge in [0.1, 0.15) is 0 Å². The molecule has 1 rings (SSSR count). The molecule has 0 amide bonds. The summed E-state index contributed by atoms with van der Waals surface area (Å²) in [6.45, 7) is 2.48. The molecule has 0 aliphatic rings. The van der Waals surface area contributed by atoms with Crippen LogP contribution in [0.5, 0.6) is 0 Å². The van der Waals surface area contributed by atoms with E-state index < -0.39 is 6.10 Å². The Bertz CT molecular complexity index is 316. The van der Waals surface area contributed by atoms with E-state index in [-0.39, 0.29) is 0 Å². The fourth-order valence-corrected chi connectivity index (χ4v) is 1.82. The average molecular weight is 302 g/mol. The normalized spacial score (nSPS) is 13.0. The molecule has 4 heteroatoms. The summed E-state index contributed by atoms with van der Waals surface area (Å²) in [4.78, 5) is 2.16. The molecule has 0 aliphatic heterocycles. The van der Waals surface area contributed by atoms with Crippen LogP contribution in [-0.4, -0.2) is 43.9 Å². The van der Waals surface area contributed by atoms with Crippen molar-refractivity contribution in [1.29, 1.82) is 0 Å². The van der Waals surface area contributed by atoms with Crippen LogP contribution in [0.1, 0.15) is 18.1 Å². The predicted molar refractivity (Wildman–Crippen MR) is 73.1 cm³/mol. The van der Waals surface area contributed by atoms with Crippen LogP contribution in [0.2, 0.25) is 0 Å². The fraction of sp³-hybridized carbons (Fsp3) is 0.538. The number of rotatable bonds is 7. The van der Waals surface area contributed by atoms with Crippen molar-refractivity contribution in [2.75, 3.05) is 33.9 Å². The second kappa shape index (κ2) is 7.82. The molecular formula is C13H20BrNO2. The molecule has 3 nitrogen and oxygen atoms in total. The van der Waals surface area contributed by atoms with E-state index in [2.05, 4.69) is 20.8 Å². The summed E-state index contributed by atoms with van der Waals surface area (Å²) >= 11 is 3.38. The Morgan fingerprint density at radius 2 is 1.94 bits per heavy atom. The first-order chi connectivity index (χ1) is 8.13. The number of hydrogen-bond donors (Lipinski definition) is 1. The first kappa shape index (κ1) is 14.6. The molecule has 0 saturated carbocycles. The molecule has 0 heterocycles. The van der Waals surface area contributed by atoms with E-state index >= 15 is 0 Å². The zero-order valence-electron chi connectivity index (χ0n) is 10.4. The van der Waals surface area contributed by atoms with Gasteiger partial charge in [-0.15, -0.1) is 0 Å². The highest BCUT2D eigenvalue weighted by atomic mass is 79.9. The lowest BCUT2D eigenvalue weighted by Gasteiger charge is -2.18. The first-order valence-electron chi connectivity index (χ1n) is 5.74. The third-order valence-corrected chi connectivity index (χ3v) is 3.24. The summed E-state index contributed by atoms with van der Waals surface area (Å²) in [5.41, 5.74) is 0.966. The zero-order valence-corrected chi connectivity index (χ0v) is 12.0. The van der Waals surface area contributed by atoms with E-state index in [1.165, 1.54) is 0 Å². The maximum absolute atomic E-state index is 10.0. The lowest BCUT2D eigenvalue weighted by atomic mass is 10.1. The van der Waals surface area contributed by atoms with Crippen LogP contribution in [0.3, 0.4) is 0 Å². The van der Waals surface area contributed by atoms with Crippen molar-refractivity contribution >= 4 is 15.9 Å². The van der Waals surface area contributed by atoms with E-state index in [4.69, 9.17) is 4.74 Å². The van der Waals surface area contributed by atoms with Crippen LogP contribution >= 0.6 is 15.9 Å². The number of likely N-dealkylation sites (N-methyl/N-ethyl adjacent to an activating group) is 1. The average Bonchev–Trinajstić information content (AvgIpc) is 2.34. The predicted octanol–water partition coefficient (Wildman–Crippen LogP) is 2.45. The molecule has 1 aromatic carbocycles. The molecule has 0 aromatic heterocycles. The summed E-state index contributed by atoms with van der Waals surface area (Å²) in [6, 6.07) is 7.80. The van der Waals surface area contributed by atoms with Gasteiger partial charge in [-0.2, -0.15) is 0 Å². The van der Waals surface area contributed by atoms with Crippen LogP contribution in [0.4, 0.5) is 0 Å². The largest absolute Gasteiger partial charge is 0.388 e. The van der Waals surface area contributed by atoms with Crippen molar-refractivity contribution in [1.82, 2.24) is 4.90 Å². The Morgan fingerprint density at radius 3 is 2.53 bits per heavy atom. The third kappa shape index (κ3) is 5.64. The number of hydrogen-bond acceptors (Lipinski definition) is 3. The van der Waals surface area contributed by atoms with Gasteiger partial charge in [0.15, 0.2) is 0 Å². The molecule has 0 saturated heterocycles. The van der Waals surface area contributed by atoms with E-state index in [0.29, 0.717) is 0 Å². The van der Waals surface area contributed by atoms with Gasteiger partial charge < -0.3 is 14.7 Å². The van der Waals surface area contributed by atoms with Gasteiger partial charge in [-0.05, 0) is 31.2 Å². The van der Waals surface area contributed by atoms with Gasteiger partial charge in [0, 0.05) is 24.7 Å². The number of methoxy groups -OCH3 is 1. The SMILES string of the molecule is COCCN(C)CCC(O)c1ccc(Br)cc1. The molecule has 96 valence electrons. The summed E-state index contributed by atoms with van der Waals surface area (Å²) in [6.07, 6.45) is 0.343. The molecule has 0 fully saturated rings. The van der Waals surface area contributed by atoms with Crippen LogP contribution in [0, 0.1) is 0 Å². The quantitative estimate of drug-likeness (QED) is 0.840. The summed E-state index contributed by atoms with van der Waals surface area (Å²) < 4.78 is 6.04. The number of halogens is 1. The Labute approximate surface area is 112 Å². The van der Waals surface area contributed by atoms with Gasteiger partial charge >= 0.3 is 0 Å². The summed E-state index contributed by atoms with van der Waals surface area (Å²) in [7, 11) is 3.73. The van der Waals surface area contributed by atoms with E-state index in [1.54, 1.807) is 7.11 Å². The van der Waals surface area contributed by atoms with Crippen LogP contribution in [0.15, 0.2) is 28.7 Å². The van der Waals surface area contributed by atoms with Gasteiger partial charge in [0.25, 0.3) is 0 Å². The number of aliphatic hydroxyl groups excluding tert-OH is 1. The standard InChI is InChI=1S/C13H20BrNO2/c1-15(9-10-17-2)8-7-13(16)11-3-5-12(14)6-4-11/h3-6,13,16H,7-10H2,1-2H3. The highest BCUT2D eigenvalue weighted by Gasteiger charge is 2.08. The molecule has 0 spiro atoms. The molecular weight excluding hydrogens is 282 g/mol. The summed E-state index contributed by atoms with van der Waals surface area (Å²) in [5, 5.41) is 10.0. The van der Waals surface area contributed by atoms with Gasteiger partial charge in [-0.25, -0.2) is 0 Å². The van der Waals surface area contributed by atoms with E-state index in [9.17, 15) is 5.11 Å². The van der Waals surface area contributed by atoms with Crippen molar-refractivity contribution in [3.05, 3.63) is 34.3 Å². The number of nitrogens with zero attached hydrogens (tertiary/aromatic N) is 1. The number of aliphatic hydroxyl groups is 1. The highest BCUT2D eigenvalue weighted by Crippen LogP contribution is 2.19. The second-order valence-electron chi connectivity index (χ2n) is 4.15. The Morgan fingerprint density at radius 1 is 1.29 bits per heavy atom. The first-order valence-corrected chi connectivity index (χ1v) is 6.54. The molecule has 1 N–H and O–H groups in total. The maximum Gasteiger partial charge on any atom is 0.0802 e. The molecule has 1 unspecified atom stereocenters. The van der Waals surface area contributed by atoms with Crippen LogP contribution in [0.25, 0.3) is 0 Å². The van der Waals surface area contributed by atoms with Crippen LogP contribution < -0.4 is 0 Å². The molecule has 1 aromatic rings. The van der Waals surface area contributed by atoms with Gasteiger partial charge in [-0.1, -0.05) is 28.1 Å². The van der Waals surface area contributed by atoms with E-state index in [1.807, 2.05) is 31.3 Å². The van der Waals surface area contributed by atoms with Crippen molar-refractivity contribution < 1.29 is 9.84 Å². The molecule has 0 bridgehead atoms. The number of benzene rings is 1. The monoisotopic (exact) mass is 301 g/mol. The van der Waals surface area contributed by atoms with Crippen LogP contribution in [-0.2, 0) is 4.74 Å². The number of ether oxygens (including phenoxy) is 1. The lowest BCUT2D eigenvalue weighted by Crippen LogP contribution is -2.25. The Balaban J connectivity index is 2.34. The summed E-state index contributed by atoms with van der Waals surface area (Å²) in [5.74, 6) is 0. The zero-order chi connectivity index (χ0) is 12.7. The smallest absolute Gasteiger partial charge is 0.0802 e. The van der Waals surface area contributed by atoms with E-state index in [0.717, 1.165) is 36.2 Å². The highest BCUT2D eigenvalue weighted by molar-refractivity contribution is 9.10. The Hall–Kier alpha value is -0.420. The van der Waals surface area contributed by atoms with Crippen molar-refractivity contribution in [3.8, 4) is 0 Å². The van der Waals surface area contributed by atoms with Crippen molar-refractivity contribution in [3.63, 3.8) is 0 Å². The lowest BCUT2D eigenvalue weighted by molar-refractivity contribution is 0.129. The van der Waals surface area contributed by atoms with Gasteiger partial charge in [-0.3, -0.25) is 0 Å².